The predicted octanol–water partition coefficient (Wildman–Crippen LogP) is 1.41. The van der Waals surface area contributed by atoms with Crippen molar-refractivity contribution in [1.82, 2.24) is 15.5 Å². The Morgan fingerprint density at radius 3 is 2.45 bits per heavy atom. The van der Waals surface area contributed by atoms with E-state index in [0.717, 1.165) is 37.1 Å². The molecule has 0 atom stereocenters. The maximum absolute atomic E-state index is 11.6. The third kappa shape index (κ3) is 11.0. The molecular weight excluding hydrogens is 272 g/mol. The second kappa shape index (κ2) is 11.9. The lowest BCUT2D eigenvalue weighted by atomic mass is 10.1. The highest BCUT2D eigenvalue weighted by molar-refractivity contribution is 7.98. The van der Waals surface area contributed by atoms with Crippen LogP contribution in [0.4, 0.5) is 0 Å². The fraction of sp³-hybridized carbons (Fsp3) is 0.857. The van der Waals surface area contributed by atoms with Gasteiger partial charge in [-0.1, -0.05) is 13.8 Å². The highest BCUT2D eigenvalue weighted by Crippen LogP contribution is 2.01. The molecule has 20 heavy (non-hydrogen) atoms. The fourth-order valence-corrected chi connectivity index (χ4v) is 1.76. The number of carbonyl (C=O) groups is 1. The topological polar surface area (TPSA) is 56.7 Å². The molecule has 0 heterocycles. The quantitative estimate of drug-likeness (QED) is 0.384. The van der Waals surface area contributed by atoms with Crippen molar-refractivity contribution in [3.8, 4) is 0 Å². The zero-order valence-electron chi connectivity index (χ0n) is 13.5. The van der Waals surface area contributed by atoms with Gasteiger partial charge < -0.3 is 15.5 Å². The van der Waals surface area contributed by atoms with Crippen LogP contribution in [-0.4, -0.2) is 62.5 Å². The van der Waals surface area contributed by atoms with Crippen LogP contribution in [0.5, 0.6) is 0 Å². The summed E-state index contributed by atoms with van der Waals surface area (Å²) < 4.78 is 0. The van der Waals surface area contributed by atoms with Gasteiger partial charge in [-0.15, -0.1) is 0 Å². The van der Waals surface area contributed by atoms with Crippen molar-refractivity contribution in [2.24, 2.45) is 10.9 Å². The van der Waals surface area contributed by atoms with E-state index in [1.54, 1.807) is 30.8 Å². The second-order valence-corrected chi connectivity index (χ2v) is 6.32. The number of nitrogens with zero attached hydrogens (tertiary/aromatic N) is 2. The van der Waals surface area contributed by atoms with Gasteiger partial charge in [-0.25, -0.2) is 4.99 Å². The largest absolute Gasteiger partial charge is 0.356 e. The summed E-state index contributed by atoms with van der Waals surface area (Å²) in [5.74, 6) is 2.49. The minimum absolute atomic E-state index is 0.0122. The normalized spacial score (nSPS) is 11.6. The smallest absolute Gasteiger partial charge is 0.243 e. The van der Waals surface area contributed by atoms with E-state index in [1.165, 1.54) is 6.42 Å². The first-order valence-corrected chi connectivity index (χ1v) is 8.58. The lowest BCUT2D eigenvalue weighted by Gasteiger charge is -2.14. The number of hydrogen-bond acceptors (Lipinski definition) is 3. The van der Waals surface area contributed by atoms with Crippen LogP contribution in [0.1, 0.15) is 26.7 Å². The number of likely N-dealkylation sites (N-methyl/N-ethyl adjacent to an activating group) is 1. The van der Waals surface area contributed by atoms with Crippen LogP contribution in [0.25, 0.3) is 0 Å². The van der Waals surface area contributed by atoms with Crippen LogP contribution < -0.4 is 10.6 Å². The van der Waals surface area contributed by atoms with Gasteiger partial charge in [0.15, 0.2) is 5.96 Å². The molecule has 0 unspecified atom stereocenters. The molecule has 0 rings (SSSR count). The molecule has 0 aliphatic rings. The molecule has 0 spiro atoms. The van der Waals surface area contributed by atoms with E-state index in [0.29, 0.717) is 0 Å². The number of aliphatic imine (C=N–C) groups is 1. The van der Waals surface area contributed by atoms with Gasteiger partial charge in [0.05, 0.1) is 0 Å². The first-order chi connectivity index (χ1) is 9.47. The van der Waals surface area contributed by atoms with Crippen molar-refractivity contribution >= 4 is 23.6 Å². The number of hydrogen-bond donors (Lipinski definition) is 2. The summed E-state index contributed by atoms with van der Waals surface area (Å²) >= 11 is 1.78. The van der Waals surface area contributed by atoms with Gasteiger partial charge in [-0.2, -0.15) is 11.8 Å². The number of thioether (sulfide) groups is 1. The van der Waals surface area contributed by atoms with Gasteiger partial charge in [0, 0.05) is 32.9 Å². The number of carbonyl (C=O) groups excluding carboxylic acids is 1. The molecule has 0 aliphatic heterocycles. The van der Waals surface area contributed by atoms with Crippen molar-refractivity contribution in [2.45, 2.75) is 26.7 Å². The Kier molecular flexibility index (Phi) is 11.3. The van der Waals surface area contributed by atoms with Gasteiger partial charge in [0.25, 0.3) is 0 Å². The zero-order chi connectivity index (χ0) is 15.4. The molecule has 0 bridgehead atoms. The highest BCUT2D eigenvalue weighted by Gasteiger charge is 2.04. The molecule has 0 saturated heterocycles. The Hall–Kier alpha value is -0.910. The van der Waals surface area contributed by atoms with Crippen LogP contribution in [0.15, 0.2) is 4.99 Å². The second-order valence-electron chi connectivity index (χ2n) is 5.34. The summed E-state index contributed by atoms with van der Waals surface area (Å²) in [6.45, 7) is 6.38. The van der Waals surface area contributed by atoms with Gasteiger partial charge >= 0.3 is 0 Å². The van der Waals surface area contributed by atoms with E-state index in [-0.39, 0.29) is 12.5 Å². The monoisotopic (exact) mass is 302 g/mol. The van der Waals surface area contributed by atoms with Crippen LogP contribution >= 0.6 is 11.8 Å². The number of nitrogens with one attached hydrogen (secondary N) is 2. The van der Waals surface area contributed by atoms with E-state index in [4.69, 9.17) is 0 Å². The van der Waals surface area contributed by atoms with E-state index < -0.39 is 0 Å². The minimum Gasteiger partial charge on any atom is -0.356 e. The Bertz CT molecular complexity index is 293. The third-order valence-electron chi connectivity index (χ3n) is 2.72. The van der Waals surface area contributed by atoms with Crippen molar-refractivity contribution in [3.63, 3.8) is 0 Å². The summed E-state index contributed by atoms with van der Waals surface area (Å²) in [6.07, 6.45) is 4.38. The van der Waals surface area contributed by atoms with Gasteiger partial charge in [-0.05, 0) is 25.0 Å². The first kappa shape index (κ1) is 19.1. The summed E-state index contributed by atoms with van der Waals surface area (Å²) in [5, 5.41) is 6.54. The Balaban J connectivity index is 4.18. The SMILES string of the molecule is CSCCNC(=NCC(=O)N(C)C)NCCCC(C)C. The summed E-state index contributed by atoms with van der Waals surface area (Å²) in [6, 6.07) is 0. The van der Waals surface area contributed by atoms with Gasteiger partial charge in [0.2, 0.25) is 5.91 Å². The van der Waals surface area contributed by atoms with Crippen molar-refractivity contribution < 1.29 is 4.79 Å². The van der Waals surface area contributed by atoms with Crippen LogP contribution in [0, 0.1) is 5.92 Å². The molecule has 118 valence electrons. The maximum atomic E-state index is 11.6. The van der Waals surface area contributed by atoms with E-state index in [1.807, 2.05) is 0 Å². The summed E-state index contributed by atoms with van der Waals surface area (Å²) in [4.78, 5) is 17.4. The first-order valence-electron chi connectivity index (χ1n) is 7.18. The van der Waals surface area contributed by atoms with E-state index in [9.17, 15) is 4.79 Å². The average molecular weight is 302 g/mol. The van der Waals surface area contributed by atoms with Gasteiger partial charge in [0.1, 0.15) is 6.54 Å². The average Bonchev–Trinajstić information content (AvgIpc) is 2.39. The zero-order valence-corrected chi connectivity index (χ0v) is 14.3. The molecule has 0 saturated carbocycles. The van der Waals surface area contributed by atoms with Crippen LogP contribution in [-0.2, 0) is 4.79 Å². The Labute approximate surface area is 128 Å². The number of rotatable bonds is 9. The molecule has 1 amide bonds. The fourth-order valence-electron chi connectivity index (χ4n) is 1.45. The lowest BCUT2D eigenvalue weighted by Crippen LogP contribution is -2.40. The molecule has 0 fully saturated rings. The molecule has 5 nitrogen and oxygen atoms in total. The molecule has 0 aromatic carbocycles. The van der Waals surface area contributed by atoms with E-state index in [2.05, 4.69) is 35.7 Å². The maximum Gasteiger partial charge on any atom is 0.243 e. The molecule has 0 aliphatic carbocycles. The van der Waals surface area contributed by atoms with E-state index >= 15 is 0 Å². The molecule has 0 aromatic heterocycles. The third-order valence-corrected chi connectivity index (χ3v) is 3.33. The molecule has 6 heteroatoms. The molecule has 2 N–H and O–H groups in total. The summed E-state index contributed by atoms with van der Waals surface area (Å²) in [5.41, 5.74) is 0. The Morgan fingerprint density at radius 1 is 1.25 bits per heavy atom. The lowest BCUT2D eigenvalue weighted by molar-refractivity contribution is -0.127. The van der Waals surface area contributed by atoms with Crippen molar-refractivity contribution in [2.75, 3.05) is 45.7 Å². The number of guanidine groups is 1. The van der Waals surface area contributed by atoms with Crippen LogP contribution in [0.2, 0.25) is 0 Å². The molecule has 0 aromatic rings. The summed E-state index contributed by atoms with van der Waals surface area (Å²) in [7, 11) is 3.49. The highest BCUT2D eigenvalue weighted by atomic mass is 32.2. The predicted molar refractivity (Wildman–Crippen MR) is 89.5 cm³/mol. The number of amides is 1. The standard InChI is InChI=1S/C14H30N4OS/c1-12(2)7-6-8-15-14(16-9-10-20-5)17-11-13(19)18(3)4/h12H,6-11H2,1-5H3,(H2,15,16,17). The molecular formula is C14H30N4OS. The van der Waals surface area contributed by atoms with Crippen molar-refractivity contribution in [3.05, 3.63) is 0 Å². The Morgan fingerprint density at radius 2 is 1.90 bits per heavy atom. The minimum atomic E-state index is 0.0122. The van der Waals surface area contributed by atoms with Gasteiger partial charge in [-0.3, -0.25) is 4.79 Å². The van der Waals surface area contributed by atoms with Crippen LogP contribution in [0.3, 0.4) is 0 Å². The molecule has 0 radical (unpaired) electrons. The van der Waals surface area contributed by atoms with Crippen molar-refractivity contribution in [1.29, 1.82) is 0 Å².